The van der Waals surface area contributed by atoms with Gasteiger partial charge in [0.1, 0.15) is 0 Å². The molecule has 2 heteroatoms. The lowest BCUT2D eigenvalue weighted by molar-refractivity contribution is 0.0640. The summed E-state index contributed by atoms with van der Waals surface area (Å²) < 4.78 is 0. The Labute approximate surface area is 116 Å². The molecular weight excluding hydrogens is 234 g/mol. The molecule has 0 aliphatic heterocycles. The van der Waals surface area contributed by atoms with E-state index in [4.69, 9.17) is 0 Å². The van der Waals surface area contributed by atoms with Gasteiger partial charge in [-0.15, -0.1) is 0 Å². The summed E-state index contributed by atoms with van der Waals surface area (Å²) in [5, 5.41) is 20.3. The van der Waals surface area contributed by atoms with Crippen molar-refractivity contribution in [2.75, 3.05) is 0 Å². The second kappa shape index (κ2) is 5.35. The van der Waals surface area contributed by atoms with Gasteiger partial charge in [0, 0.05) is 0 Å². The number of aryl methyl sites for hydroxylation is 2. The SMILES string of the molecule is CCC1CCC(C#N)(C(O)c2cc(C)cc(C)c2)C1. The minimum Gasteiger partial charge on any atom is -0.387 e. The molecule has 0 heterocycles. The fourth-order valence-electron chi connectivity index (χ4n) is 3.43. The fraction of sp³-hybridized carbons (Fsp3) is 0.588. The molecule has 1 aliphatic carbocycles. The van der Waals surface area contributed by atoms with Gasteiger partial charge in [0.15, 0.2) is 0 Å². The van der Waals surface area contributed by atoms with E-state index in [0.717, 1.165) is 42.4 Å². The molecule has 0 saturated heterocycles. The predicted octanol–water partition coefficient (Wildman–Crippen LogP) is 4.06. The zero-order chi connectivity index (χ0) is 14.0. The minimum atomic E-state index is -0.660. The van der Waals surface area contributed by atoms with Crippen molar-refractivity contribution in [3.05, 3.63) is 34.9 Å². The summed E-state index contributed by atoms with van der Waals surface area (Å²) in [5.41, 5.74) is 2.61. The maximum atomic E-state index is 10.7. The number of benzene rings is 1. The third-order valence-electron chi connectivity index (χ3n) is 4.53. The van der Waals surface area contributed by atoms with Gasteiger partial charge in [0.25, 0.3) is 0 Å². The first-order valence-electron chi connectivity index (χ1n) is 7.18. The van der Waals surface area contributed by atoms with Crippen LogP contribution in [-0.2, 0) is 0 Å². The smallest absolute Gasteiger partial charge is 0.0976 e. The highest BCUT2D eigenvalue weighted by atomic mass is 16.3. The van der Waals surface area contributed by atoms with E-state index in [0.29, 0.717) is 5.92 Å². The topological polar surface area (TPSA) is 44.0 Å². The highest BCUT2D eigenvalue weighted by Crippen LogP contribution is 2.50. The van der Waals surface area contributed by atoms with Crippen LogP contribution in [0.2, 0.25) is 0 Å². The first kappa shape index (κ1) is 14.1. The first-order valence-corrected chi connectivity index (χ1v) is 7.18. The summed E-state index contributed by atoms with van der Waals surface area (Å²) in [7, 11) is 0. The number of hydrogen-bond acceptors (Lipinski definition) is 2. The van der Waals surface area contributed by atoms with Gasteiger partial charge in [-0.3, -0.25) is 0 Å². The third-order valence-corrected chi connectivity index (χ3v) is 4.53. The van der Waals surface area contributed by atoms with Crippen LogP contribution < -0.4 is 0 Å². The Morgan fingerprint density at radius 2 is 2.00 bits per heavy atom. The van der Waals surface area contributed by atoms with E-state index in [-0.39, 0.29) is 0 Å². The molecule has 2 nitrogen and oxygen atoms in total. The summed E-state index contributed by atoms with van der Waals surface area (Å²) in [6.07, 6.45) is 3.15. The van der Waals surface area contributed by atoms with Crippen molar-refractivity contribution in [3.63, 3.8) is 0 Å². The van der Waals surface area contributed by atoms with Crippen molar-refractivity contribution in [1.82, 2.24) is 0 Å². The molecule has 1 saturated carbocycles. The van der Waals surface area contributed by atoms with Gasteiger partial charge in [0.05, 0.1) is 17.6 Å². The Hall–Kier alpha value is -1.33. The van der Waals surface area contributed by atoms with Gasteiger partial charge in [-0.05, 0) is 44.6 Å². The number of aliphatic hydroxyl groups is 1. The van der Waals surface area contributed by atoms with Crippen LogP contribution in [0.5, 0.6) is 0 Å². The van der Waals surface area contributed by atoms with E-state index in [1.165, 1.54) is 0 Å². The second-order valence-electron chi connectivity index (χ2n) is 6.11. The normalized spacial score (nSPS) is 28.1. The van der Waals surface area contributed by atoms with Crippen molar-refractivity contribution in [2.45, 2.75) is 52.6 Å². The standard InChI is InChI=1S/C17H23NO/c1-4-14-5-6-17(10-14,11-18)16(19)15-8-12(2)7-13(3)9-15/h7-9,14,16,19H,4-6,10H2,1-3H3. The molecule has 1 aliphatic rings. The number of rotatable bonds is 3. The second-order valence-corrected chi connectivity index (χ2v) is 6.11. The van der Waals surface area contributed by atoms with Crippen molar-refractivity contribution < 1.29 is 5.11 Å². The lowest BCUT2D eigenvalue weighted by Gasteiger charge is -2.28. The molecule has 0 amide bonds. The lowest BCUT2D eigenvalue weighted by Crippen LogP contribution is -2.24. The quantitative estimate of drug-likeness (QED) is 0.887. The molecule has 3 unspecified atom stereocenters. The van der Waals surface area contributed by atoms with E-state index in [1.54, 1.807) is 0 Å². The van der Waals surface area contributed by atoms with Gasteiger partial charge in [-0.25, -0.2) is 0 Å². The van der Waals surface area contributed by atoms with E-state index in [9.17, 15) is 10.4 Å². The van der Waals surface area contributed by atoms with Crippen LogP contribution in [0.4, 0.5) is 0 Å². The fourth-order valence-corrected chi connectivity index (χ4v) is 3.43. The van der Waals surface area contributed by atoms with Crippen LogP contribution in [0.25, 0.3) is 0 Å². The number of nitrogens with zero attached hydrogens (tertiary/aromatic N) is 1. The highest BCUT2D eigenvalue weighted by Gasteiger charge is 2.45. The molecule has 0 aromatic heterocycles. The average molecular weight is 257 g/mol. The summed E-state index contributed by atoms with van der Waals surface area (Å²) >= 11 is 0. The highest BCUT2D eigenvalue weighted by molar-refractivity contribution is 5.32. The van der Waals surface area contributed by atoms with Crippen LogP contribution in [-0.4, -0.2) is 5.11 Å². The number of hydrogen-bond donors (Lipinski definition) is 1. The Kier molecular flexibility index (Phi) is 3.96. The Bertz CT molecular complexity index is 482. The van der Waals surface area contributed by atoms with Crippen molar-refractivity contribution in [1.29, 1.82) is 5.26 Å². The Balaban J connectivity index is 2.31. The first-order chi connectivity index (χ1) is 9.00. The molecule has 2 rings (SSSR count). The third kappa shape index (κ3) is 2.67. The van der Waals surface area contributed by atoms with Gasteiger partial charge < -0.3 is 5.11 Å². The molecule has 3 atom stereocenters. The predicted molar refractivity (Wildman–Crippen MR) is 76.6 cm³/mol. The summed E-state index contributed by atoms with van der Waals surface area (Å²) in [6.45, 7) is 6.23. The van der Waals surface area contributed by atoms with Crippen LogP contribution in [0, 0.1) is 36.5 Å². The van der Waals surface area contributed by atoms with Crippen molar-refractivity contribution >= 4 is 0 Å². The maximum Gasteiger partial charge on any atom is 0.0976 e. The Morgan fingerprint density at radius 3 is 2.47 bits per heavy atom. The average Bonchev–Trinajstić information content (AvgIpc) is 2.81. The van der Waals surface area contributed by atoms with E-state index < -0.39 is 11.5 Å². The van der Waals surface area contributed by atoms with Gasteiger partial charge in [-0.2, -0.15) is 5.26 Å². The maximum absolute atomic E-state index is 10.7. The minimum absolute atomic E-state index is 0.582. The van der Waals surface area contributed by atoms with Gasteiger partial charge in [0.2, 0.25) is 0 Å². The number of nitriles is 1. The summed E-state index contributed by atoms with van der Waals surface area (Å²) in [6, 6.07) is 8.54. The molecule has 1 N–H and O–H groups in total. The van der Waals surface area contributed by atoms with Gasteiger partial charge >= 0.3 is 0 Å². The van der Waals surface area contributed by atoms with E-state index in [1.807, 2.05) is 26.0 Å². The molecule has 0 bridgehead atoms. The van der Waals surface area contributed by atoms with Crippen molar-refractivity contribution in [2.24, 2.45) is 11.3 Å². The molecule has 1 aromatic carbocycles. The largest absolute Gasteiger partial charge is 0.387 e. The van der Waals surface area contributed by atoms with Crippen LogP contribution in [0.3, 0.4) is 0 Å². The van der Waals surface area contributed by atoms with E-state index >= 15 is 0 Å². The van der Waals surface area contributed by atoms with Crippen LogP contribution in [0.15, 0.2) is 18.2 Å². The summed E-state index contributed by atoms with van der Waals surface area (Å²) in [4.78, 5) is 0. The zero-order valence-corrected chi connectivity index (χ0v) is 12.1. The Morgan fingerprint density at radius 1 is 1.37 bits per heavy atom. The molecule has 102 valence electrons. The van der Waals surface area contributed by atoms with Gasteiger partial charge in [-0.1, -0.05) is 42.7 Å². The molecule has 0 spiro atoms. The van der Waals surface area contributed by atoms with Crippen LogP contribution >= 0.6 is 0 Å². The zero-order valence-electron chi connectivity index (χ0n) is 12.1. The molecule has 0 radical (unpaired) electrons. The molecular formula is C17H23NO. The van der Waals surface area contributed by atoms with Crippen molar-refractivity contribution in [3.8, 4) is 6.07 Å². The lowest BCUT2D eigenvalue weighted by atomic mass is 9.77. The summed E-state index contributed by atoms with van der Waals surface area (Å²) in [5.74, 6) is 0.584. The molecule has 1 fully saturated rings. The number of aliphatic hydroxyl groups excluding tert-OH is 1. The van der Waals surface area contributed by atoms with Crippen LogP contribution in [0.1, 0.15) is 55.4 Å². The molecule has 1 aromatic rings. The monoisotopic (exact) mass is 257 g/mol. The van der Waals surface area contributed by atoms with E-state index in [2.05, 4.69) is 19.1 Å². The molecule has 19 heavy (non-hydrogen) atoms.